The second kappa shape index (κ2) is 9.52. The number of ketones is 1. The number of hydrogen-bond donors (Lipinski definition) is 1. The molecule has 0 fully saturated rings. The molecule has 2 aromatic heterocycles. The zero-order valence-corrected chi connectivity index (χ0v) is 18.0. The van der Waals surface area contributed by atoms with Gasteiger partial charge in [0.2, 0.25) is 5.78 Å². The Balaban J connectivity index is 1.80. The maximum absolute atomic E-state index is 13.2. The molecule has 3 aromatic rings. The largest absolute Gasteiger partial charge is 0.503 e. The molecule has 0 spiro atoms. The third-order valence-electron chi connectivity index (χ3n) is 5.14. The molecular weight excluding hydrogens is 426 g/mol. The van der Waals surface area contributed by atoms with Crippen LogP contribution in [0, 0.1) is 0 Å². The van der Waals surface area contributed by atoms with Crippen molar-refractivity contribution >= 4 is 11.7 Å². The van der Waals surface area contributed by atoms with Crippen molar-refractivity contribution in [1.82, 2.24) is 4.90 Å². The van der Waals surface area contributed by atoms with Crippen LogP contribution in [0.25, 0.3) is 0 Å². The van der Waals surface area contributed by atoms with E-state index < -0.39 is 23.5 Å². The predicted molar refractivity (Wildman–Crippen MR) is 118 cm³/mol. The fourth-order valence-electron chi connectivity index (χ4n) is 3.74. The van der Waals surface area contributed by atoms with Gasteiger partial charge in [0, 0.05) is 0 Å². The summed E-state index contributed by atoms with van der Waals surface area (Å²) in [6.07, 6.45) is 4.47. The van der Waals surface area contributed by atoms with E-state index in [1.165, 1.54) is 23.5 Å². The maximum atomic E-state index is 13.2. The van der Waals surface area contributed by atoms with Crippen LogP contribution in [0.3, 0.4) is 0 Å². The highest BCUT2D eigenvalue weighted by atomic mass is 16.5. The van der Waals surface area contributed by atoms with Crippen LogP contribution in [0.5, 0.6) is 11.5 Å². The maximum Gasteiger partial charge on any atom is 0.290 e. The standard InChI is InChI=1S/C25H23NO7/c1-3-11-32-18-10-9-16(14-20(18)30-4-2)22-21(23(27)19-8-6-13-33-19)24(28)25(29)26(22)15-17-7-5-12-31-17/h3,5-10,12-14,22,28H,1,4,11,15H2,2H3. The highest BCUT2D eigenvalue weighted by Crippen LogP contribution is 2.42. The first-order valence-corrected chi connectivity index (χ1v) is 10.4. The summed E-state index contributed by atoms with van der Waals surface area (Å²) in [5.41, 5.74) is 0.479. The second-order valence-electron chi connectivity index (χ2n) is 7.22. The highest BCUT2D eigenvalue weighted by molar-refractivity contribution is 6.15. The topological polar surface area (TPSA) is 102 Å². The van der Waals surface area contributed by atoms with Crippen LogP contribution in [-0.2, 0) is 11.3 Å². The van der Waals surface area contributed by atoms with E-state index in [-0.39, 0.29) is 24.5 Å². The molecule has 8 heteroatoms. The summed E-state index contributed by atoms with van der Waals surface area (Å²) in [4.78, 5) is 27.7. The molecule has 8 nitrogen and oxygen atoms in total. The van der Waals surface area contributed by atoms with Crippen LogP contribution in [-0.4, -0.2) is 34.9 Å². The lowest BCUT2D eigenvalue weighted by atomic mass is 9.94. The summed E-state index contributed by atoms with van der Waals surface area (Å²) >= 11 is 0. The van der Waals surface area contributed by atoms with Crippen LogP contribution < -0.4 is 9.47 Å². The van der Waals surface area contributed by atoms with Crippen LogP contribution in [0.15, 0.2) is 87.8 Å². The number of carbonyl (C=O) groups is 2. The number of benzene rings is 1. The smallest absolute Gasteiger partial charge is 0.290 e. The molecule has 0 bridgehead atoms. The van der Waals surface area contributed by atoms with E-state index in [4.69, 9.17) is 18.3 Å². The highest BCUT2D eigenvalue weighted by Gasteiger charge is 2.45. The lowest BCUT2D eigenvalue weighted by Gasteiger charge is -2.26. The average Bonchev–Trinajstić information content (AvgIpc) is 3.57. The number of nitrogens with zero attached hydrogens (tertiary/aromatic N) is 1. The van der Waals surface area contributed by atoms with Crippen molar-refractivity contribution in [3.05, 3.63) is 96.1 Å². The van der Waals surface area contributed by atoms with Gasteiger partial charge in [-0.15, -0.1) is 0 Å². The van der Waals surface area contributed by atoms with E-state index in [0.717, 1.165) is 0 Å². The summed E-state index contributed by atoms with van der Waals surface area (Å²) in [5, 5.41) is 10.7. The number of Topliss-reactive ketones (excluding diaryl/α,β-unsaturated/α-hetero) is 1. The van der Waals surface area contributed by atoms with Gasteiger partial charge in [0.15, 0.2) is 23.0 Å². The van der Waals surface area contributed by atoms with Crippen molar-refractivity contribution < 1.29 is 33.0 Å². The SMILES string of the molecule is C=CCOc1ccc(C2C(C(=O)c3ccco3)=C(O)C(=O)N2Cc2ccco2)cc1OCC. The van der Waals surface area contributed by atoms with Crippen LogP contribution in [0.1, 0.15) is 34.8 Å². The van der Waals surface area contributed by atoms with E-state index in [1.807, 2.05) is 6.92 Å². The Morgan fingerprint density at radius 1 is 1.15 bits per heavy atom. The number of hydrogen-bond acceptors (Lipinski definition) is 7. The Labute approximate surface area is 190 Å². The van der Waals surface area contributed by atoms with Gasteiger partial charge in [-0.25, -0.2) is 0 Å². The van der Waals surface area contributed by atoms with Crippen LogP contribution >= 0.6 is 0 Å². The van der Waals surface area contributed by atoms with Gasteiger partial charge in [-0.2, -0.15) is 0 Å². The molecule has 1 N–H and O–H groups in total. The minimum Gasteiger partial charge on any atom is -0.503 e. The molecule has 3 heterocycles. The number of carbonyl (C=O) groups excluding carboxylic acids is 2. The van der Waals surface area contributed by atoms with Gasteiger partial charge < -0.3 is 28.3 Å². The van der Waals surface area contributed by atoms with Crippen molar-refractivity contribution in [1.29, 1.82) is 0 Å². The molecule has 1 unspecified atom stereocenters. The van der Waals surface area contributed by atoms with Gasteiger partial charge in [0.25, 0.3) is 5.91 Å². The molecular formula is C25H23NO7. The Morgan fingerprint density at radius 3 is 2.61 bits per heavy atom. The van der Waals surface area contributed by atoms with Gasteiger partial charge in [-0.05, 0) is 48.9 Å². The predicted octanol–water partition coefficient (Wildman–Crippen LogP) is 4.61. The number of furan rings is 2. The Hall–Kier alpha value is -4.20. The fourth-order valence-corrected chi connectivity index (χ4v) is 3.74. The minimum absolute atomic E-state index is 0.0187. The normalized spacial score (nSPS) is 15.7. The number of aliphatic hydroxyl groups is 1. The molecule has 1 amide bonds. The van der Waals surface area contributed by atoms with E-state index in [1.54, 1.807) is 42.5 Å². The van der Waals surface area contributed by atoms with Gasteiger partial charge in [-0.1, -0.05) is 18.7 Å². The summed E-state index contributed by atoms with van der Waals surface area (Å²) in [7, 11) is 0. The Morgan fingerprint density at radius 2 is 1.94 bits per heavy atom. The molecule has 0 radical (unpaired) electrons. The van der Waals surface area contributed by atoms with Crippen molar-refractivity contribution in [3.63, 3.8) is 0 Å². The molecule has 170 valence electrons. The second-order valence-corrected chi connectivity index (χ2v) is 7.22. The van der Waals surface area contributed by atoms with Crippen LogP contribution in [0.2, 0.25) is 0 Å². The third-order valence-corrected chi connectivity index (χ3v) is 5.14. The first kappa shape index (κ1) is 22.0. The lowest BCUT2D eigenvalue weighted by molar-refractivity contribution is -0.130. The molecule has 0 saturated carbocycles. The summed E-state index contributed by atoms with van der Waals surface area (Å²) in [6.45, 7) is 6.20. The molecule has 1 aliphatic rings. The van der Waals surface area contributed by atoms with Gasteiger partial charge in [0.1, 0.15) is 12.4 Å². The minimum atomic E-state index is -0.895. The molecule has 1 aliphatic heterocycles. The Bertz CT molecular complexity index is 1180. The average molecular weight is 449 g/mol. The number of amides is 1. The molecule has 33 heavy (non-hydrogen) atoms. The Kier molecular flexibility index (Phi) is 6.35. The summed E-state index contributed by atoms with van der Waals surface area (Å²) in [5.74, 6) is -0.432. The zero-order chi connectivity index (χ0) is 23.4. The van der Waals surface area contributed by atoms with E-state index in [2.05, 4.69) is 6.58 Å². The zero-order valence-electron chi connectivity index (χ0n) is 18.0. The van der Waals surface area contributed by atoms with Crippen molar-refractivity contribution in [2.24, 2.45) is 0 Å². The van der Waals surface area contributed by atoms with Crippen molar-refractivity contribution in [2.45, 2.75) is 19.5 Å². The quantitative estimate of drug-likeness (QED) is 0.356. The third kappa shape index (κ3) is 4.27. The van der Waals surface area contributed by atoms with Crippen LogP contribution in [0.4, 0.5) is 0 Å². The van der Waals surface area contributed by atoms with E-state index in [9.17, 15) is 14.7 Å². The molecule has 0 saturated heterocycles. The number of aliphatic hydroxyl groups excluding tert-OH is 1. The van der Waals surface area contributed by atoms with Gasteiger partial charge in [0.05, 0.1) is 37.3 Å². The summed E-state index contributed by atoms with van der Waals surface area (Å²) < 4.78 is 22.0. The molecule has 4 rings (SSSR count). The van der Waals surface area contributed by atoms with Gasteiger partial charge >= 0.3 is 0 Å². The van der Waals surface area contributed by atoms with Gasteiger partial charge in [-0.3, -0.25) is 9.59 Å². The molecule has 1 aromatic carbocycles. The first-order valence-electron chi connectivity index (χ1n) is 10.4. The van der Waals surface area contributed by atoms with E-state index in [0.29, 0.717) is 29.4 Å². The van der Waals surface area contributed by atoms with Crippen molar-refractivity contribution in [3.8, 4) is 11.5 Å². The lowest BCUT2D eigenvalue weighted by Crippen LogP contribution is -2.30. The number of rotatable bonds is 10. The number of ether oxygens (including phenoxy) is 2. The fraction of sp³-hybridized carbons (Fsp3) is 0.200. The molecule has 1 atom stereocenters. The van der Waals surface area contributed by atoms with Crippen molar-refractivity contribution in [2.75, 3.05) is 13.2 Å². The first-order chi connectivity index (χ1) is 16.0. The summed E-state index contributed by atoms with van der Waals surface area (Å²) in [6, 6.07) is 10.7. The molecule has 0 aliphatic carbocycles. The monoisotopic (exact) mass is 449 g/mol. The van der Waals surface area contributed by atoms with E-state index >= 15 is 0 Å².